The molecule has 0 radical (unpaired) electrons. The van der Waals surface area contributed by atoms with Crippen molar-refractivity contribution >= 4 is 5.91 Å². The molecule has 0 spiro atoms. The van der Waals surface area contributed by atoms with E-state index in [1.54, 1.807) is 6.92 Å². The van der Waals surface area contributed by atoms with Gasteiger partial charge >= 0.3 is 0 Å². The second-order valence-electron chi connectivity index (χ2n) is 4.15. The molecule has 0 aromatic rings. The van der Waals surface area contributed by atoms with Crippen LogP contribution in [0.5, 0.6) is 0 Å². The van der Waals surface area contributed by atoms with Gasteiger partial charge in [-0.3, -0.25) is 4.79 Å². The van der Waals surface area contributed by atoms with Crippen molar-refractivity contribution in [3.63, 3.8) is 0 Å². The Morgan fingerprint density at radius 1 is 1.43 bits per heavy atom. The monoisotopic (exact) mass is 198 g/mol. The second-order valence-corrected chi connectivity index (χ2v) is 4.15. The lowest BCUT2D eigenvalue weighted by Crippen LogP contribution is -2.47. The van der Waals surface area contributed by atoms with Crippen LogP contribution in [0.1, 0.15) is 39.5 Å². The molecule has 82 valence electrons. The lowest BCUT2D eigenvalue weighted by molar-refractivity contribution is -0.132. The molecule has 1 aliphatic carbocycles. The van der Waals surface area contributed by atoms with Gasteiger partial charge in [-0.25, -0.2) is 0 Å². The lowest BCUT2D eigenvalue weighted by Gasteiger charge is -2.38. The molecule has 2 unspecified atom stereocenters. The van der Waals surface area contributed by atoms with E-state index in [2.05, 4.69) is 0 Å². The van der Waals surface area contributed by atoms with Gasteiger partial charge in [0.2, 0.25) is 5.91 Å². The van der Waals surface area contributed by atoms with Crippen molar-refractivity contribution in [3.05, 3.63) is 0 Å². The van der Waals surface area contributed by atoms with E-state index in [1.165, 1.54) is 19.3 Å². The normalized spacial score (nSPS) is 27.4. The number of nitrogens with two attached hydrogens (primary N) is 1. The maximum atomic E-state index is 11.4. The summed E-state index contributed by atoms with van der Waals surface area (Å²) in [6.07, 6.45) is 4.83. The fraction of sp³-hybridized carbons (Fsp3) is 0.909. The highest BCUT2D eigenvalue weighted by molar-refractivity contribution is 5.73. The smallest absolute Gasteiger partial charge is 0.219 e. The zero-order valence-corrected chi connectivity index (χ0v) is 9.33. The van der Waals surface area contributed by atoms with Gasteiger partial charge in [-0.05, 0) is 32.2 Å². The number of amides is 1. The van der Waals surface area contributed by atoms with Crippen molar-refractivity contribution in [3.8, 4) is 0 Å². The maximum absolute atomic E-state index is 11.4. The van der Waals surface area contributed by atoms with Gasteiger partial charge in [0, 0.05) is 19.5 Å². The Labute approximate surface area is 86.6 Å². The summed E-state index contributed by atoms with van der Waals surface area (Å²) in [7, 11) is 0. The van der Waals surface area contributed by atoms with Gasteiger partial charge in [-0.15, -0.1) is 0 Å². The third-order valence-corrected chi connectivity index (χ3v) is 3.32. The average Bonchev–Trinajstić information content (AvgIpc) is 2.19. The molecule has 1 rings (SSSR count). The Kier molecular flexibility index (Phi) is 4.39. The van der Waals surface area contributed by atoms with Crippen LogP contribution >= 0.6 is 0 Å². The van der Waals surface area contributed by atoms with Gasteiger partial charge in [0.05, 0.1) is 0 Å². The van der Waals surface area contributed by atoms with Crippen LogP contribution in [0.4, 0.5) is 0 Å². The predicted octanol–water partition coefficient (Wildman–Crippen LogP) is 1.37. The lowest BCUT2D eigenvalue weighted by atomic mass is 9.83. The van der Waals surface area contributed by atoms with E-state index in [1.807, 2.05) is 11.8 Å². The molecule has 2 atom stereocenters. The molecule has 0 saturated heterocycles. The van der Waals surface area contributed by atoms with E-state index in [0.29, 0.717) is 18.5 Å². The first-order valence-electron chi connectivity index (χ1n) is 5.68. The Morgan fingerprint density at radius 3 is 2.57 bits per heavy atom. The summed E-state index contributed by atoms with van der Waals surface area (Å²) in [5, 5.41) is 0. The van der Waals surface area contributed by atoms with Crippen LogP contribution in [0.15, 0.2) is 0 Å². The van der Waals surface area contributed by atoms with E-state index in [4.69, 9.17) is 5.73 Å². The number of hydrogen-bond donors (Lipinski definition) is 1. The zero-order chi connectivity index (χ0) is 10.6. The first kappa shape index (κ1) is 11.5. The Morgan fingerprint density at radius 2 is 2.07 bits per heavy atom. The van der Waals surface area contributed by atoms with Crippen LogP contribution in [-0.4, -0.2) is 29.9 Å². The van der Waals surface area contributed by atoms with E-state index in [9.17, 15) is 4.79 Å². The highest BCUT2D eigenvalue weighted by Gasteiger charge is 2.29. The van der Waals surface area contributed by atoms with Gasteiger partial charge in [0.15, 0.2) is 0 Å². The van der Waals surface area contributed by atoms with E-state index in [-0.39, 0.29) is 5.91 Å². The number of carbonyl (C=O) groups is 1. The zero-order valence-electron chi connectivity index (χ0n) is 9.33. The molecule has 1 fully saturated rings. The van der Waals surface area contributed by atoms with Crippen LogP contribution in [0.2, 0.25) is 0 Å². The number of nitrogens with zero attached hydrogens (tertiary/aromatic N) is 1. The average molecular weight is 198 g/mol. The predicted molar refractivity (Wildman–Crippen MR) is 57.9 cm³/mol. The first-order valence-corrected chi connectivity index (χ1v) is 5.68. The molecule has 3 heteroatoms. The molecule has 2 N–H and O–H groups in total. The number of rotatable bonds is 3. The van der Waals surface area contributed by atoms with Gasteiger partial charge in [-0.1, -0.05) is 12.8 Å². The molecule has 0 bridgehead atoms. The van der Waals surface area contributed by atoms with Crippen molar-refractivity contribution in [2.45, 2.75) is 45.6 Å². The van der Waals surface area contributed by atoms with Gasteiger partial charge < -0.3 is 10.6 Å². The molecule has 1 aliphatic rings. The van der Waals surface area contributed by atoms with Crippen molar-refractivity contribution in [2.75, 3.05) is 13.1 Å². The Balaban J connectivity index is 2.65. The van der Waals surface area contributed by atoms with Crippen molar-refractivity contribution in [1.82, 2.24) is 4.90 Å². The van der Waals surface area contributed by atoms with Crippen LogP contribution in [0.25, 0.3) is 0 Å². The molecule has 3 nitrogen and oxygen atoms in total. The summed E-state index contributed by atoms with van der Waals surface area (Å²) < 4.78 is 0. The van der Waals surface area contributed by atoms with Gasteiger partial charge in [0.1, 0.15) is 0 Å². The van der Waals surface area contributed by atoms with E-state index in [0.717, 1.165) is 13.0 Å². The van der Waals surface area contributed by atoms with E-state index < -0.39 is 0 Å². The van der Waals surface area contributed by atoms with Gasteiger partial charge in [0.25, 0.3) is 0 Å². The summed E-state index contributed by atoms with van der Waals surface area (Å²) in [6, 6.07) is 0.399. The van der Waals surface area contributed by atoms with E-state index >= 15 is 0 Å². The van der Waals surface area contributed by atoms with Crippen LogP contribution in [0, 0.1) is 5.92 Å². The highest BCUT2D eigenvalue weighted by atomic mass is 16.2. The van der Waals surface area contributed by atoms with Crippen LogP contribution in [-0.2, 0) is 4.79 Å². The third kappa shape index (κ3) is 2.47. The minimum Gasteiger partial charge on any atom is -0.340 e. The standard InChI is InChI=1S/C11H22N2O/c1-3-13(9(2)14)11-7-5-4-6-10(11)8-12/h10-11H,3-8,12H2,1-2H3. The van der Waals surface area contributed by atoms with Crippen molar-refractivity contribution < 1.29 is 4.79 Å². The summed E-state index contributed by atoms with van der Waals surface area (Å²) >= 11 is 0. The molecule has 0 heterocycles. The first-order chi connectivity index (χ1) is 6.70. The molecule has 0 aliphatic heterocycles. The second kappa shape index (κ2) is 5.35. The Bertz CT molecular complexity index is 194. The SMILES string of the molecule is CCN(C(C)=O)C1CCCCC1CN. The fourth-order valence-electron chi connectivity index (χ4n) is 2.56. The largest absolute Gasteiger partial charge is 0.340 e. The van der Waals surface area contributed by atoms with Crippen molar-refractivity contribution in [2.24, 2.45) is 11.7 Å². The molecular formula is C11H22N2O. The minimum atomic E-state index is 0.192. The summed E-state index contributed by atoms with van der Waals surface area (Å²) in [6.45, 7) is 5.24. The summed E-state index contributed by atoms with van der Waals surface area (Å²) in [5.41, 5.74) is 5.75. The van der Waals surface area contributed by atoms with Crippen LogP contribution in [0.3, 0.4) is 0 Å². The summed E-state index contributed by atoms with van der Waals surface area (Å²) in [5.74, 6) is 0.713. The quantitative estimate of drug-likeness (QED) is 0.744. The molecule has 0 aromatic carbocycles. The molecular weight excluding hydrogens is 176 g/mol. The molecule has 1 saturated carbocycles. The van der Waals surface area contributed by atoms with Gasteiger partial charge in [-0.2, -0.15) is 0 Å². The molecule has 14 heavy (non-hydrogen) atoms. The van der Waals surface area contributed by atoms with Crippen molar-refractivity contribution in [1.29, 1.82) is 0 Å². The number of hydrogen-bond acceptors (Lipinski definition) is 2. The fourth-order valence-corrected chi connectivity index (χ4v) is 2.56. The maximum Gasteiger partial charge on any atom is 0.219 e. The van der Waals surface area contributed by atoms with Crippen LogP contribution < -0.4 is 5.73 Å². The Hall–Kier alpha value is -0.570. The minimum absolute atomic E-state index is 0.192. The highest BCUT2D eigenvalue weighted by Crippen LogP contribution is 2.27. The molecule has 0 aromatic heterocycles. The summed E-state index contributed by atoms with van der Waals surface area (Å²) in [4.78, 5) is 13.4. The molecule has 1 amide bonds. The third-order valence-electron chi connectivity index (χ3n) is 3.32. The topological polar surface area (TPSA) is 46.3 Å². The number of carbonyl (C=O) groups excluding carboxylic acids is 1.